The minimum atomic E-state index is -1.04. The Morgan fingerprint density at radius 3 is 2.08 bits per heavy atom. The van der Waals surface area contributed by atoms with Crippen LogP contribution in [-0.2, 0) is 31.9 Å². The van der Waals surface area contributed by atoms with E-state index in [9.17, 15) is 9.59 Å². The molecule has 1 aliphatic rings. The van der Waals surface area contributed by atoms with Gasteiger partial charge in [-0.05, 0) is 30.4 Å². The number of rotatable bonds is 6. The lowest BCUT2D eigenvalue weighted by molar-refractivity contribution is -0.200. The van der Waals surface area contributed by atoms with Crippen LogP contribution < -0.4 is 5.32 Å². The van der Waals surface area contributed by atoms with Gasteiger partial charge >= 0.3 is 18.4 Å². The molecule has 0 aliphatic heterocycles. The molecule has 5 nitrogen and oxygen atoms in total. The van der Waals surface area contributed by atoms with Crippen molar-refractivity contribution >= 4 is 11.9 Å². The summed E-state index contributed by atoms with van der Waals surface area (Å²) in [6.07, 6.45) is 1.65. The second-order valence-corrected chi connectivity index (χ2v) is 6.89. The lowest BCUT2D eigenvalue weighted by atomic mass is 9.88. The van der Waals surface area contributed by atoms with Crippen LogP contribution in [0.2, 0.25) is 0 Å². The Morgan fingerprint density at radius 2 is 1.54 bits per heavy atom. The van der Waals surface area contributed by atoms with Crippen molar-refractivity contribution in [3.8, 4) is 0 Å². The van der Waals surface area contributed by atoms with Crippen LogP contribution in [0.5, 0.6) is 0 Å². The number of nitrogens with one attached hydrogen (secondary N) is 1. The number of esters is 2. The lowest BCUT2D eigenvalue weighted by Crippen LogP contribution is -2.47. The Balaban J connectivity index is 2.02. The molecule has 0 amide bonds. The van der Waals surface area contributed by atoms with Crippen LogP contribution >= 0.6 is 0 Å². The highest BCUT2D eigenvalue weighted by molar-refractivity contribution is 5.73. The number of hydrogen-bond acceptors (Lipinski definition) is 5. The molecule has 1 aromatic rings. The molecule has 1 N–H and O–H groups in total. The topological polar surface area (TPSA) is 64.6 Å². The number of carbonyl (C=O) groups is 2. The fraction of sp³-hybridized carbons (Fsp3) is 0.579. The summed E-state index contributed by atoms with van der Waals surface area (Å²) in [5.74, 6) is -1.33. The van der Waals surface area contributed by atoms with Crippen LogP contribution in [0.3, 0.4) is 0 Å². The standard InChI is InChI=1S/C19H27NO4/c1-12(2)17(21)23-19(24-18(22)13(3)4)20-16-10-9-14-7-5-6-8-15(14)11-16/h5-8,12-13,16,19-20H,9-11H2,1-4H3. The highest BCUT2D eigenvalue weighted by Gasteiger charge is 2.27. The smallest absolute Gasteiger partial charge is 0.312 e. The Labute approximate surface area is 143 Å². The van der Waals surface area contributed by atoms with Crippen molar-refractivity contribution < 1.29 is 19.1 Å². The van der Waals surface area contributed by atoms with E-state index in [2.05, 4.69) is 17.4 Å². The maximum atomic E-state index is 11.9. The van der Waals surface area contributed by atoms with E-state index in [1.807, 2.05) is 12.1 Å². The first-order valence-electron chi connectivity index (χ1n) is 8.60. The Morgan fingerprint density at radius 1 is 1.00 bits per heavy atom. The molecule has 132 valence electrons. The van der Waals surface area contributed by atoms with Gasteiger partial charge < -0.3 is 9.47 Å². The highest BCUT2D eigenvalue weighted by Crippen LogP contribution is 2.21. The minimum absolute atomic E-state index is 0.102. The van der Waals surface area contributed by atoms with E-state index in [-0.39, 0.29) is 29.8 Å². The molecule has 0 bridgehead atoms. The molecule has 1 aromatic carbocycles. The van der Waals surface area contributed by atoms with Crippen LogP contribution in [0.1, 0.15) is 45.2 Å². The maximum absolute atomic E-state index is 11.9. The van der Waals surface area contributed by atoms with Gasteiger partial charge in [0, 0.05) is 6.04 Å². The fourth-order valence-corrected chi connectivity index (χ4v) is 2.61. The molecule has 0 aromatic heterocycles. The largest absolute Gasteiger partial charge is 0.411 e. The Kier molecular flexibility index (Phi) is 6.37. The van der Waals surface area contributed by atoms with E-state index in [0.717, 1.165) is 19.3 Å². The first-order valence-corrected chi connectivity index (χ1v) is 8.60. The average molecular weight is 333 g/mol. The van der Waals surface area contributed by atoms with Crippen molar-refractivity contribution in [3.63, 3.8) is 0 Å². The van der Waals surface area contributed by atoms with E-state index in [1.165, 1.54) is 11.1 Å². The van der Waals surface area contributed by atoms with Gasteiger partial charge in [0.1, 0.15) is 0 Å². The molecule has 0 heterocycles. The van der Waals surface area contributed by atoms with Crippen LogP contribution in [-0.4, -0.2) is 24.4 Å². The molecule has 1 unspecified atom stereocenters. The predicted octanol–water partition coefficient (Wildman–Crippen LogP) is 2.82. The summed E-state index contributed by atoms with van der Waals surface area (Å²) >= 11 is 0. The SMILES string of the molecule is CC(C)C(=O)OC(NC1CCc2ccccc2C1)OC(=O)C(C)C. The third kappa shape index (κ3) is 5.06. The third-order valence-electron chi connectivity index (χ3n) is 4.11. The van der Waals surface area contributed by atoms with Crippen molar-refractivity contribution in [2.24, 2.45) is 11.8 Å². The van der Waals surface area contributed by atoms with E-state index < -0.39 is 6.41 Å². The van der Waals surface area contributed by atoms with Gasteiger partial charge in [-0.15, -0.1) is 0 Å². The van der Waals surface area contributed by atoms with Crippen LogP contribution in [0.25, 0.3) is 0 Å². The number of hydrogen-bond donors (Lipinski definition) is 1. The van der Waals surface area contributed by atoms with Gasteiger partial charge in [0.05, 0.1) is 11.8 Å². The average Bonchev–Trinajstić information content (AvgIpc) is 2.54. The zero-order chi connectivity index (χ0) is 17.7. The van der Waals surface area contributed by atoms with Gasteiger partial charge in [-0.2, -0.15) is 0 Å². The molecular formula is C19H27NO4. The van der Waals surface area contributed by atoms with Crippen molar-refractivity contribution in [1.29, 1.82) is 0 Å². The van der Waals surface area contributed by atoms with Crippen LogP contribution in [0, 0.1) is 11.8 Å². The van der Waals surface area contributed by atoms with Gasteiger partial charge in [-0.3, -0.25) is 9.59 Å². The van der Waals surface area contributed by atoms with E-state index in [4.69, 9.17) is 9.47 Å². The Bertz CT molecular complexity index is 560. The van der Waals surface area contributed by atoms with Crippen molar-refractivity contribution in [3.05, 3.63) is 35.4 Å². The molecule has 2 rings (SSSR count). The summed E-state index contributed by atoms with van der Waals surface area (Å²) in [4.78, 5) is 23.8. The van der Waals surface area contributed by atoms with Gasteiger partial charge in [-0.1, -0.05) is 52.0 Å². The molecule has 1 atom stereocenters. The highest BCUT2D eigenvalue weighted by atomic mass is 16.7. The quantitative estimate of drug-likeness (QED) is 0.640. The molecule has 0 radical (unpaired) electrons. The lowest BCUT2D eigenvalue weighted by Gasteiger charge is -2.29. The monoisotopic (exact) mass is 333 g/mol. The molecule has 0 fully saturated rings. The third-order valence-corrected chi connectivity index (χ3v) is 4.11. The molecule has 24 heavy (non-hydrogen) atoms. The second-order valence-electron chi connectivity index (χ2n) is 6.89. The van der Waals surface area contributed by atoms with Crippen molar-refractivity contribution in [2.75, 3.05) is 0 Å². The number of aryl methyl sites for hydroxylation is 1. The van der Waals surface area contributed by atoms with Crippen molar-refractivity contribution in [2.45, 2.75) is 59.4 Å². The number of carbonyl (C=O) groups excluding carboxylic acids is 2. The van der Waals surface area contributed by atoms with Crippen LogP contribution in [0.4, 0.5) is 0 Å². The normalized spacial score (nSPS) is 17.0. The zero-order valence-corrected chi connectivity index (χ0v) is 14.9. The maximum Gasteiger partial charge on any atom is 0.312 e. The molecular weight excluding hydrogens is 306 g/mol. The van der Waals surface area contributed by atoms with E-state index >= 15 is 0 Å². The number of fused-ring (bicyclic) bond motifs is 1. The summed E-state index contributed by atoms with van der Waals surface area (Å²) < 4.78 is 10.7. The molecule has 0 spiro atoms. The van der Waals surface area contributed by atoms with E-state index in [1.54, 1.807) is 27.7 Å². The number of benzene rings is 1. The zero-order valence-electron chi connectivity index (χ0n) is 14.9. The summed E-state index contributed by atoms with van der Waals surface area (Å²) in [7, 11) is 0. The number of ether oxygens (including phenoxy) is 2. The van der Waals surface area contributed by atoms with Gasteiger partial charge in [0.2, 0.25) is 0 Å². The summed E-state index contributed by atoms with van der Waals surface area (Å²) in [6.45, 7) is 7.00. The minimum Gasteiger partial charge on any atom is -0.411 e. The summed E-state index contributed by atoms with van der Waals surface area (Å²) in [5.41, 5.74) is 2.64. The second kappa shape index (κ2) is 8.29. The van der Waals surface area contributed by atoms with Gasteiger partial charge in [0.25, 0.3) is 0 Å². The molecule has 0 saturated carbocycles. The summed E-state index contributed by atoms with van der Waals surface area (Å²) in [6, 6.07) is 8.42. The summed E-state index contributed by atoms with van der Waals surface area (Å²) in [5, 5.41) is 3.18. The fourth-order valence-electron chi connectivity index (χ4n) is 2.61. The Hall–Kier alpha value is -1.88. The van der Waals surface area contributed by atoms with Crippen LogP contribution in [0.15, 0.2) is 24.3 Å². The van der Waals surface area contributed by atoms with Crippen molar-refractivity contribution in [1.82, 2.24) is 5.32 Å². The van der Waals surface area contributed by atoms with Gasteiger partial charge in [-0.25, -0.2) is 5.32 Å². The first-order chi connectivity index (χ1) is 11.4. The molecule has 5 heteroatoms. The van der Waals surface area contributed by atoms with Gasteiger partial charge in [0.15, 0.2) is 0 Å². The molecule has 0 saturated heterocycles. The molecule has 1 aliphatic carbocycles. The van der Waals surface area contributed by atoms with E-state index in [0.29, 0.717) is 0 Å². The predicted molar refractivity (Wildman–Crippen MR) is 91.0 cm³/mol. The first kappa shape index (κ1) is 18.5.